The van der Waals surface area contributed by atoms with Gasteiger partial charge in [0.25, 0.3) is 0 Å². The third-order valence-electron chi connectivity index (χ3n) is 6.19. The highest BCUT2D eigenvalue weighted by molar-refractivity contribution is 5.81. The first-order valence-corrected chi connectivity index (χ1v) is 10.1. The first-order chi connectivity index (χ1) is 12.6. The maximum atomic E-state index is 12.8. The van der Waals surface area contributed by atoms with Crippen molar-refractivity contribution in [1.82, 2.24) is 20.4 Å². The highest BCUT2D eigenvalue weighted by Crippen LogP contribution is 2.28. The summed E-state index contributed by atoms with van der Waals surface area (Å²) >= 11 is 0. The molecule has 3 heterocycles. The van der Waals surface area contributed by atoms with Crippen LogP contribution in [0.4, 0.5) is 4.79 Å². The minimum atomic E-state index is -0.0865. The maximum absolute atomic E-state index is 12.8. The number of rotatable bonds is 5. The Morgan fingerprint density at radius 3 is 2.50 bits per heavy atom. The van der Waals surface area contributed by atoms with Crippen molar-refractivity contribution in [3.8, 4) is 0 Å². The van der Waals surface area contributed by atoms with Crippen LogP contribution in [0.1, 0.15) is 38.5 Å². The summed E-state index contributed by atoms with van der Waals surface area (Å²) in [5.41, 5.74) is 0.0371. The van der Waals surface area contributed by atoms with Crippen LogP contribution in [0.2, 0.25) is 0 Å². The van der Waals surface area contributed by atoms with Crippen molar-refractivity contribution in [2.45, 2.75) is 38.5 Å². The van der Waals surface area contributed by atoms with Crippen LogP contribution >= 0.6 is 0 Å². The summed E-state index contributed by atoms with van der Waals surface area (Å²) in [5, 5.41) is 6.56. The molecule has 3 fully saturated rings. The van der Waals surface area contributed by atoms with E-state index in [4.69, 9.17) is 4.74 Å². The SMILES string of the molecule is COCC1(CNC(=O)C2CCCN(C(=O)N3CCCC3)C2)CCNCC1. The van der Waals surface area contributed by atoms with Gasteiger partial charge in [-0.25, -0.2) is 4.79 Å². The number of carbonyl (C=O) groups is 2. The number of nitrogens with one attached hydrogen (secondary N) is 2. The monoisotopic (exact) mass is 366 g/mol. The molecule has 26 heavy (non-hydrogen) atoms. The minimum absolute atomic E-state index is 0.0371. The van der Waals surface area contributed by atoms with Gasteiger partial charge in [0.2, 0.25) is 5.91 Å². The summed E-state index contributed by atoms with van der Waals surface area (Å²) < 4.78 is 5.43. The number of amides is 3. The summed E-state index contributed by atoms with van der Waals surface area (Å²) in [6.07, 6.45) is 6.01. The van der Waals surface area contributed by atoms with E-state index in [9.17, 15) is 9.59 Å². The topological polar surface area (TPSA) is 73.9 Å². The number of methoxy groups -OCH3 is 1. The van der Waals surface area contributed by atoms with E-state index in [1.165, 1.54) is 0 Å². The lowest BCUT2D eigenvalue weighted by atomic mass is 9.79. The highest BCUT2D eigenvalue weighted by atomic mass is 16.5. The van der Waals surface area contributed by atoms with E-state index >= 15 is 0 Å². The van der Waals surface area contributed by atoms with Crippen molar-refractivity contribution in [2.24, 2.45) is 11.3 Å². The highest BCUT2D eigenvalue weighted by Gasteiger charge is 2.35. The van der Waals surface area contributed by atoms with Gasteiger partial charge in [0.05, 0.1) is 12.5 Å². The Morgan fingerprint density at radius 2 is 1.81 bits per heavy atom. The van der Waals surface area contributed by atoms with Crippen LogP contribution in [0.3, 0.4) is 0 Å². The standard InChI is InChI=1S/C19H34N4O3/c1-26-15-19(6-8-20-9-7-19)14-21-17(24)16-5-4-12-23(13-16)18(25)22-10-2-3-11-22/h16,20H,2-15H2,1H3,(H,21,24). The lowest BCUT2D eigenvalue weighted by Gasteiger charge is -2.38. The molecule has 3 saturated heterocycles. The molecule has 1 atom stereocenters. The quantitative estimate of drug-likeness (QED) is 0.763. The summed E-state index contributed by atoms with van der Waals surface area (Å²) in [6, 6.07) is 0.120. The van der Waals surface area contributed by atoms with Crippen molar-refractivity contribution >= 4 is 11.9 Å². The molecule has 0 radical (unpaired) electrons. The van der Waals surface area contributed by atoms with Crippen molar-refractivity contribution in [1.29, 1.82) is 0 Å². The zero-order valence-electron chi connectivity index (χ0n) is 16.1. The summed E-state index contributed by atoms with van der Waals surface area (Å²) in [4.78, 5) is 29.2. The molecule has 7 nitrogen and oxygen atoms in total. The molecule has 0 saturated carbocycles. The molecule has 7 heteroatoms. The largest absolute Gasteiger partial charge is 0.384 e. The predicted molar refractivity (Wildman–Crippen MR) is 99.9 cm³/mol. The van der Waals surface area contributed by atoms with Gasteiger partial charge in [0, 0.05) is 45.2 Å². The molecule has 0 aromatic rings. The van der Waals surface area contributed by atoms with Gasteiger partial charge >= 0.3 is 6.03 Å². The molecule has 0 aromatic carbocycles. The Balaban J connectivity index is 1.51. The van der Waals surface area contributed by atoms with Crippen LogP contribution in [-0.2, 0) is 9.53 Å². The molecule has 0 aromatic heterocycles. The Bertz CT molecular complexity index is 482. The number of hydrogen-bond donors (Lipinski definition) is 2. The number of ether oxygens (including phenoxy) is 1. The van der Waals surface area contributed by atoms with Crippen molar-refractivity contribution in [3.63, 3.8) is 0 Å². The van der Waals surface area contributed by atoms with Crippen molar-refractivity contribution in [2.75, 3.05) is 59.5 Å². The minimum Gasteiger partial charge on any atom is -0.384 e. The molecule has 2 N–H and O–H groups in total. The Kier molecular flexibility index (Phi) is 6.75. The Labute approximate surface area is 156 Å². The van der Waals surface area contributed by atoms with Crippen LogP contribution < -0.4 is 10.6 Å². The molecule has 3 amide bonds. The fourth-order valence-corrected chi connectivity index (χ4v) is 4.53. The number of hydrogen-bond acceptors (Lipinski definition) is 4. The van der Waals surface area contributed by atoms with E-state index < -0.39 is 0 Å². The number of nitrogens with zero attached hydrogens (tertiary/aromatic N) is 2. The van der Waals surface area contributed by atoms with Gasteiger partial charge in [0.1, 0.15) is 0 Å². The Hall–Kier alpha value is -1.34. The zero-order chi connectivity index (χ0) is 18.4. The first kappa shape index (κ1) is 19.4. The van der Waals surface area contributed by atoms with Gasteiger partial charge in [0.15, 0.2) is 0 Å². The molecule has 148 valence electrons. The Morgan fingerprint density at radius 1 is 1.12 bits per heavy atom. The zero-order valence-corrected chi connectivity index (χ0v) is 16.1. The first-order valence-electron chi connectivity index (χ1n) is 10.1. The fraction of sp³-hybridized carbons (Fsp3) is 0.895. The molecule has 1 unspecified atom stereocenters. The van der Waals surface area contributed by atoms with Gasteiger partial charge in [-0.05, 0) is 51.6 Å². The molecular formula is C19H34N4O3. The molecule has 0 spiro atoms. The fourth-order valence-electron chi connectivity index (χ4n) is 4.53. The second-order valence-electron chi connectivity index (χ2n) is 8.16. The summed E-state index contributed by atoms with van der Waals surface area (Å²) in [6.45, 7) is 6.34. The van der Waals surface area contributed by atoms with E-state index in [-0.39, 0.29) is 23.3 Å². The molecular weight excluding hydrogens is 332 g/mol. The third-order valence-corrected chi connectivity index (χ3v) is 6.19. The second-order valence-corrected chi connectivity index (χ2v) is 8.16. The average Bonchev–Trinajstić information content (AvgIpc) is 3.21. The predicted octanol–water partition coefficient (Wildman–Crippen LogP) is 1.05. The third kappa shape index (κ3) is 4.68. The van der Waals surface area contributed by atoms with Crippen molar-refractivity contribution in [3.05, 3.63) is 0 Å². The number of carbonyl (C=O) groups excluding carboxylic acids is 2. The molecule has 3 aliphatic heterocycles. The smallest absolute Gasteiger partial charge is 0.320 e. The van der Waals surface area contributed by atoms with E-state index in [1.807, 2.05) is 9.80 Å². The molecule has 3 rings (SSSR count). The summed E-state index contributed by atoms with van der Waals surface area (Å²) in [7, 11) is 1.73. The van der Waals surface area contributed by atoms with Crippen LogP contribution in [0.25, 0.3) is 0 Å². The summed E-state index contributed by atoms with van der Waals surface area (Å²) in [5.74, 6) is 0.00884. The van der Waals surface area contributed by atoms with Crippen LogP contribution in [0.15, 0.2) is 0 Å². The van der Waals surface area contributed by atoms with Crippen LogP contribution in [-0.4, -0.2) is 81.3 Å². The average molecular weight is 367 g/mol. The van der Waals surface area contributed by atoms with E-state index in [1.54, 1.807) is 7.11 Å². The van der Waals surface area contributed by atoms with E-state index in [0.29, 0.717) is 19.7 Å². The van der Waals surface area contributed by atoms with Gasteiger partial charge in [-0.2, -0.15) is 0 Å². The molecule has 0 bridgehead atoms. The van der Waals surface area contributed by atoms with Crippen LogP contribution in [0, 0.1) is 11.3 Å². The van der Waals surface area contributed by atoms with Crippen molar-refractivity contribution < 1.29 is 14.3 Å². The van der Waals surface area contributed by atoms with Gasteiger partial charge in [-0.1, -0.05) is 0 Å². The second kappa shape index (κ2) is 9.04. The van der Waals surface area contributed by atoms with Gasteiger partial charge < -0.3 is 25.2 Å². The van der Waals surface area contributed by atoms with Gasteiger partial charge in [-0.3, -0.25) is 4.79 Å². The molecule has 0 aliphatic carbocycles. The maximum Gasteiger partial charge on any atom is 0.320 e. The number of likely N-dealkylation sites (tertiary alicyclic amines) is 2. The van der Waals surface area contributed by atoms with Crippen LogP contribution in [0.5, 0.6) is 0 Å². The van der Waals surface area contributed by atoms with E-state index in [0.717, 1.165) is 71.2 Å². The van der Waals surface area contributed by atoms with E-state index in [2.05, 4.69) is 10.6 Å². The number of urea groups is 1. The normalized spacial score (nSPS) is 26.0. The lowest BCUT2D eigenvalue weighted by Crippen LogP contribution is -2.52. The molecule has 3 aliphatic rings. The number of piperidine rings is 2. The lowest BCUT2D eigenvalue weighted by molar-refractivity contribution is -0.127. The van der Waals surface area contributed by atoms with Gasteiger partial charge in [-0.15, -0.1) is 0 Å².